The van der Waals surface area contributed by atoms with Crippen LogP contribution in [0.15, 0.2) is 36.5 Å². The maximum absolute atomic E-state index is 10.8. The normalized spacial score (nSPS) is 12.1. The van der Waals surface area contributed by atoms with E-state index in [9.17, 15) is 4.79 Å². The van der Waals surface area contributed by atoms with Crippen molar-refractivity contribution in [2.75, 3.05) is 0 Å². The molecule has 1 unspecified atom stereocenters. The van der Waals surface area contributed by atoms with Crippen LogP contribution in [0.3, 0.4) is 0 Å². The molecule has 0 aliphatic carbocycles. The Hall–Kier alpha value is -2.23. The lowest BCUT2D eigenvalue weighted by Gasteiger charge is -2.07. The topological polar surface area (TPSA) is 63.1 Å². The summed E-state index contributed by atoms with van der Waals surface area (Å²) in [5.41, 5.74) is 3.01. The minimum absolute atomic E-state index is 0.342. The molecule has 0 bridgehead atoms. The Morgan fingerprint density at radius 3 is 2.84 bits per heavy atom. The molecule has 2 rings (SSSR count). The average molecular weight is 256 g/mol. The van der Waals surface area contributed by atoms with Gasteiger partial charge in [0, 0.05) is 18.2 Å². The molecule has 4 heteroatoms. The highest BCUT2D eigenvalue weighted by Crippen LogP contribution is 2.18. The molecular formula is C15H16N2O2. The highest BCUT2D eigenvalue weighted by atomic mass is 16.4. The molecule has 1 aromatic heterocycles. The van der Waals surface area contributed by atoms with E-state index >= 15 is 0 Å². The number of rotatable bonds is 4. The van der Waals surface area contributed by atoms with E-state index in [0.717, 1.165) is 16.8 Å². The van der Waals surface area contributed by atoms with E-state index in [-0.39, 0.29) is 0 Å². The Labute approximate surface area is 112 Å². The van der Waals surface area contributed by atoms with E-state index in [2.05, 4.69) is 9.97 Å². The van der Waals surface area contributed by atoms with E-state index in [1.165, 1.54) is 0 Å². The van der Waals surface area contributed by atoms with Crippen LogP contribution in [0.2, 0.25) is 0 Å². The molecule has 1 N–H and O–H groups in total. The predicted molar refractivity (Wildman–Crippen MR) is 72.7 cm³/mol. The van der Waals surface area contributed by atoms with Crippen molar-refractivity contribution < 1.29 is 9.90 Å². The lowest BCUT2D eigenvalue weighted by atomic mass is 10.1. The SMILES string of the molecule is Cc1cccc(-c2ccnc(CC(C)C(=O)O)n2)c1. The number of hydrogen-bond donors (Lipinski definition) is 1. The van der Waals surface area contributed by atoms with Crippen LogP contribution >= 0.6 is 0 Å². The number of aliphatic carboxylic acids is 1. The average Bonchev–Trinajstić information content (AvgIpc) is 2.39. The van der Waals surface area contributed by atoms with Gasteiger partial charge in [-0.1, -0.05) is 30.7 Å². The maximum atomic E-state index is 10.8. The van der Waals surface area contributed by atoms with Gasteiger partial charge in [0.2, 0.25) is 0 Å². The van der Waals surface area contributed by atoms with Gasteiger partial charge >= 0.3 is 5.97 Å². The number of carbonyl (C=O) groups is 1. The van der Waals surface area contributed by atoms with Crippen LogP contribution in [0, 0.1) is 12.8 Å². The summed E-state index contributed by atoms with van der Waals surface area (Å²) < 4.78 is 0. The van der Waals surface area contributed by atoms with Crippen LogP contribution in [0.25, 0.3) is 11.3 Å². The first kappa shape index (κ1) is 13.2. The van der Waals surface area contributed by atoms with Gasteiger partial charge < -0.3 is 5.11 Å². The molecule has 0 saturated heterocycles. The van der Waals surface area contributed by atoms with Crippen molar-refractivity contribution in [1.82, 2.24) is 9.97 Å². The first-order chi connectivity index (χ1) is 9.06. The van der Waals surface area contributed by atoms with E-state index < -0.39 is 11.9 Å². The van der Waals surface area contributed by atoms with Gasteiger partial charge in [0.1, 0.15) is 5.82 Å². The Kier molecular flexibility index (Phi) is 3.90. The summed E-state index contributed by atoms with van der Waals surface area (Å²) in [7, 11) is 0. The van der Waals surface area contributed by atoms with Crippen molar-refractivity contribution in [2.24, 2.45) is 5.92 Å². The zero-order valence-corrected chi connectivity index (χ0v) is 11.0. The Bertz CT molecular complexity index is 596. The van der Waals surface area contributed by atoms with Gasteiger partial charge in [0.05, 0.1) is 11.6 Å². The number of aryl methyl sites for hydroxylation is 1. The lowest BCUT2D eigenvalue weighted by molar-refractivity contribution is -0.141. The number of carboxylic acids is 1. The van der Waals surface area contributed by atoms with Gasteiger partial charge in [-0.15, -0.1) is 0 Å². The second-order valence-corrected chi connectivity index (χ2v) is 4.67. The summed E-state index contributed by atoms with van der Waals surface area (Å²) >= 11 is 0. The maximum Gasteiger partial charge on any atom is 0.306 e. The summed E-state index contributed by atoms with van der Waals surface area (Å²) in [6.07, 6.45) is 2.02. The summed E-state index contributed by atoms with van der Waals surface area (Å²) in [5.74, 6) is -0.744. The summed E-state index contributed by atoms with van der Waals surface area (Å²) in [5, 5.41) is 8.91. The fourth-order valence-electron chi connectivity index (χ4n) is 1.82. The second-order valence-electron chi connectivity index (χ2n) is 4.67. The molecule has 1 aromatic carbocycles. The zero-order chi connectivity index (χ0) is 13.8. The molecule has 98 valence electrons. The van der Waals surface area contributed by atoms with Gasteiger partial charge in [0.25, 0.3) is 0 Å². The summed E-state index contributed by atoms with van der Waals surface area (Å²) in [6.45, 7) is 3.68. The molecule has 0 spiro atoms. The summed E-state index contributed by atoms with van der Waals surface area (Å²) in [6, 6.07) is 9.88. The van der Waals surface area contributed by atoms with Crippen molar-refractivity contribution in [1.29, 1.82) is 0 Å². The number of carboxylic acid groups (broad SMARTS) is 1. The van der Waals surface area contributed by atoms with Crippen molar-refractivity contribution in [3.8, 4) is 11.3 Å². The monoisotopic (exact) mass is 256 g/mol. The van der Waals surface area contributed by atoms with Crippen molar-refractivity contribution in [3.05, 3.63) is 47.9 Å². The Balaban J connectivity index is 2.27. The quantitative estimate of drug-likeness (QED) is 0.913. The molecule has 0 amide bonds. The van der Waals surface area contributed by atoms with Gasteiger partial charge in [-0.05, 0) is 19.1 Å². The third-order valence-electron chi connectivity index (χ3n) is 2.93. The standard InChI is InChI=1S/C15H16N2O2/c1-10-4-3-5-12(8-10)13-6-7-16-14(17-13)9-11(2)15(18)19/h3-8,11H,9H2,1-2H3,(H,18,19). The molecule has 0 radical (unpaired) electrons. The van der Waals surface area contributed by atoms with E-state index in [1.807, 2.05) is 37.3 Å². The fourth-order valence-corrected chi connectivity index (χ4v) is 1.82. The molecular weight excluding hydrogens is 240 g/mol. The fraction of sp³-hybridized carbons (Fsp3) is 0.267. The summed E-state index contributed by atoms with van der Waals surface area (Å²) in [4.78, 5) is 19.4. The number of aromatic nitrogens is 2. The molecule has 0 fully saturated rings. The molecule has 0 saturated carbocycles. The molecule has 0 aliphatic rings. The van der Waals surface area contributed by atoms with Crippen molar-refractivity contribution >= 4 is 5.97 Å². The largest absolute Gasteiger partial charge is 0.481 e. The first-order valence-corrected chi connectivity index (χ1v) is 6.18. The van der Waals surface area contributed by atoms with E-state index in [4.69, 9.17) is 5.11 Å². The first-order valence-electron chi connectivity index (χ1n) is 6.18. The van der Waals surface area contributed by atoms with Gasteiger partial charge in [-0.2, -0.15) is 0 Å². The highest BCUT2D eigenvalue weighted by molar-refractivity contribution is 5.69. The Morgan fingerprint density at radius 1 is 1.37 bits per heavy atom. The number of nitrogens with zero attached hydrogens (tertiary/aromatic N) is 2. The minimum Gasteiger partial charge on any atom is -0.481 e. The smallest absolute Gasteiger partial charge is 0.306 e. The molecule has 1 atom stereocenters. The highest BCUT2D eigenvalue weighted by Gasteiger charge is 2.13. The van der Waals surface area contributed by atoms with E-state index in [0.29, 0.717) is 12.2 Å². The third kappa shape index (κ3) is 3.37. The van der Waals surface area contributed by atoms with Gasteiger partial charge in [0.15, 0.2) is 0 Å². The van der Waals surface area contributed by atoms with E-state index in [1.54, 1.807) is 13.1 Å². The molecule has 4 nitrogen and oxygen atoms in total. The van der Waals surface area contributed by atoms with Crippen LogP contribution in [0.5, 0.6) is 0 Å². The van der Waals surface area contributed by atoms with Crippen LogP contribution in [0.1, 0.15) is 18.3 Å². The van der Waals surface area contributed by atoms with Crippen LogP contribution in [-0.4, -0.2) is 21.0 Å². The predicted octanol–water partition coefficient (Wildman–Crippen LogP) is 2.72. The number of benzene rings is 1. The van der Waals surface area contributed by atoms with Gasteiger partial charge in [-0.3, -0.25) is 4.79 Å². The van der Waals surface area contributed by atoms with Crippen LogP contribution < -0.4 is 0 Å². The Morgan fingerprint density at radius 2 is 2.16 bits per heavy atom. The van der Waals surface area contributed by atoms with Gasteiger partial charge in [-0.25, -0.2) is 9.97 Å². The third-order valence-corrected chi connectivity index (χ3v) is 2.93. The molecule has 2 aromatic rings. The molecule has 0 aliphatic heterocycles. The van der Waals surface area contributed by atoms with Crippen molar-refractivity contribution in [2.45, 2.75) is 20.3 Å². The number of hydrogen-bond acceptors (Lipinski definition) is 3. The molecule has 19 heavy (non-hydrogen) atoms. The van der Waals surface area contributed by atoms with Crippen molar-refractivity contribution in [3.63, 3.8) is 0 Å². The molecule has 1 heterocycles. The minimum atomic E-state index is -0.829. The van der Waals surface area contributed by atoms with Crippen LogP contribution in [0.4, 0.5) is 0 Å². The lowest BCUT2D eigenvalue weighted by Crippen LogP contribution is -2.14. The zero-order valence-electron chi connectivity index (χ0n) is 11.0. The van der Waals surface area contributed by atoms with Crippen LogP contribution in [-0.2, 0) is 11.2 Å². The second kappa shape index (κ2) is 5.61.